The Balaban J connectivity index is 2.28. The fourth-order valence-electron chi connectivity index (χ4n) is 4.99. The molecule has 1 N–H and O–H groups in total. The maximum atomic E-state index is 12.9. The van der Waals surface area contributed by atoms with E-state index >= 15 is 0 Å². The van der Waals surface area contributed by atoms with Gasteiger partial charge in [0.1, 0.15) is 5.75 Å². The van der Waals surface area contributed by atoms with Gasteiger partial charge in [-0.1, -0.05) is 41.0 Å². The predicted molar refractivity (Wildman–Crippen MR) is 90.0 cm³/mol. The second-order valence-electron chi connectivity index (χ2n) is 8.50. The Bertz CT molecular complexity index is 699. The van der Waals surface area contributed by atoms with E-state index in [1.807, 2.05) is 13.8 Å². The van der Waals surface area contributed by atoms with E-state index in [0.29, 0.717) is 5.56 Å². The van der Waals surface area contributed by atoms with Gasteiger partial charge >= 0.3 is 0 Å². The summed E-state index contributed by atoms with van der Waals surface area (Å²) in [4.78, 5) is 25.7. The van der Waals surface area contributed by atoms with Crippen LogP contribution in [0.5, 0.6) is 5.75 Å². The van der Waals surface area contributed by atoms with Crippen LogP contribution in [0.15, 0.2) is 12.1 Å². The number of carbonyl (C=O) groups excluding carboxylic acids is 2. The van der Waals surface area contributed by atoms with Gasteiger partial charge in [0.15, 0.2) is 0 Å². The van der Waals surface area contributed by atoms with E-state index in [-0.39, 0.29) is 40.0 Å². The van der Waals surface area contributed by atoms with E-state index in [1.54, 1.807) is 12.1 Å². The van der Waals surface area contributed by atoms with E-state index in [2.05, 4.69) is 20.8 Å². The summed E-state index contributed by atoms with van der Waals surface area (Å²) in [6, 6.07) is 3.50. The maximum Gasteiger partial charge on any atom is 0.229 e. The van der Waals surface area contributed by atoms with Gasteiger partial charge < -0.3 is 5.11 Å². The van der Waals surface area contributed by atoms with Crippen molar-refractivity contribution in [1.82, 2.24) is 0 Å². The normalized spacial score (nSPS) is 29.4. The molecular formula is C20H26O3. The lowest BCUT2D eigenvalue weighted by Crippen LogP contribution is -2.54. The van der Waals surface area contributed by atoms with Crippen molar-refractivity contribution in [2.24, 2.45) is 11.3 Å². The van der Waals surface area contributed by atoms with Gasteiger partial charge in [-0.3, -0.25) is 9.59 Å². The highest BCUT2D eigenvalue weighted by Crippen LogP contribution is 2.56. The number of hydrogen-bond acceptors (Lipinski definition) is 3. The van der Waals surface area contributed by atoms with Crippen molar-refractivity contribution in [3.8, 4) is 5.75 Å². The lowest BCUT2D eigenvalue weighted by atomic mass is 9.49. The molecule has 0 aliphatic heterocycles. The fourth-order valence-corrected chi connectivity index (χ4v) is 4.99. The number of fused-ring (bicyclic) bond motifs is 3. The zero-order valence-electron chi connectivity index (χ0n) is 14.7. The molecule has 0 unspecified atom stereocenters. The Hall–Kier alpha value is -1.64. The Morgan fingerprint density at radius 2 is 1.78 bits per heavy atom. The van der Waals surface area contributed by atoms with Crippen LogP contribution in [0.25, 0.3) is 0 Å². The average molecular weight is 314 g/mol. The maximum absolute atomic E-state index is 12.9. The van der Waals surface area contributed by atoms with E-state index in [9.17, 15) is 14.7 Å². The zero-order chi connectivity index (χ0) is 17.2. The SMILES string of the molecule is CC(C)c1cc2c(cc1O)[C@@]1(C)CCCC(C)(C)[C@@H]1C(=O)C2=O. The molecule has 2 aliphatic rings. The number of carbonyl (C=O) groups is 2. The van der Waals surface area contributed by atoms with Crippen LogP contribution in [0.4, 0.5) is 0 Å². The second kappa shape index (κ2) is 4.93. The first-order chi connectivity index (χ1) is 10.6. The second-order valence-corrected chi connectivity index (χ2v) is 8.50. The molecular weight excluding hydrogens is 288 g/mol. The monoisotopic (exact) mass is 314 g/mol. The molecule has 2 atom stereocenters. The number of Topliss-reactive ketones (excluding diaryl/α,β-unsaturated/α-hetero) is 2. The number of phenolic OH excluding ortho intramolecular Hbond substituents is 1. The minimum atomic E-state index is -0.376. The number of hydrogen-bond donors (Lipinski definition) is 1. The van der Waals surface area contributed by atoms with Crippen molar-refractivity contribution in [2.75, 3.05) is 0 Å². The zero-order valence-corrected chi connectivity index (χ0v) is 14.7. The lowest BCUT2D eigenvalue weighted by molar-refractivity contribution is -0.128. The lowest BCUT2D eigenvalue weighted by Gasteiger charge is -2.52. The quantitative estimate of drug-likeness (QED) is 0.783. The third-order valence-corrected chi connectivity index (χ3v) is 6.07. The molecule has 124 valence electrons. The van der Waals surface area contributed by atoms with Crippen molar-refractivity contribution in [2.45, 2.75) is 65.2 Å². The number of rotatable bonds is 1. The molecule has 3 heteroatoms. The first-order valence-electron chi connectivity index (χ1n) is 8.55. The Kier molecular flexibility index (Phi) is 3.48. The first-order valence-corrected chi connectivity index (χ1v) is 8.55. The van der Waals surface area contributed by atoms with E-state index in [1.165, 1.54) is 0 Å². The van der Waals surface area contributed by atoms with Gasteiger partial charge in [-0.25, -0.2) is 0 Å². The fraction of sp³-hybridized carbons (Fsp3) is 0.600. The number of phenols is 1. The van der Waals surface area contributed by atoms with Crippen LogP contribution in [-0.4, -0.2) is 16.7 Å². The number of ketones is 2. The van der Waals surface area contributed by atoms with E-state index in [4.69, 9.17) is 0 Å². The third kappa shape index (κ3) is 2.16. The minimum absolute atomic E-state index is 0.108. The highest BCUT2D eigenvalue weighted by atomic mass is 16.3. The molecule has 0 spiro atoms. The van der Waals surface area contributed by atoms with Crippen molar-refractivity contribution in [3.63, 3.8) is 0 Å². The molecule has 1 aromatic carbocycles. The van der Waals surface area contributed by atoms with Crippen molar-refractivity contribution >= 4 is 11.6 Å². The number of benzene rings is 1. The molecule has 0 amide bonds. The van der Waals surface area contributed by atoms with Crippen LogP contribution in [-0.2, 0) is 10.2 Å². The van der Waals surface area contributed by atoms with Gasteiger partial charge in [-0.05, 0) is 47.4 Å². The highest BCUT2D eigenvalue weighted by Gasteiger charge is 2.56. The Morgan fingerprint density at radius 3 is 2.39 bits per heavy atom. The van der Waals surface area contributed by atoms with Gasteiger partial charge in [-0.2, -0.15) is 0 Å². The summed E-state index contributed by atoms with van der Waals surface area (Å²) in [5, 5.41) is 10.4. The molecule has 3 nitrogen and oxygen atoms in total. The number of aromatic hydroxyl groups is 1. The molecule has 1 fully saturated rings. The smallest absolute Gasteiger partial charge is 0.229 e. The molecule has 1 aromatic rings. The van der Waals surface area contributed by atoms with Gasteiger partial charge in [0.25, 0.3) is 0 Å². The van der Waals surface area contributed by atoms with E-state index < -0.39 is 0 Å². The summed E-state index contributed by atoms with van der Waals surface area (Å²) in [6.07, 6.45) is 2.87. The predicted octanol–water partition coefficient (Wildman–Crippen LogP) is 4.37. The van der Waals surface area contributed by atoms with Crippen LogP contribution < -0.4 is 0 Å². The molecule has 0 heterocycles. The Morgan fingerprint density at radius 1 is 1.13 bits per heavy atom. The molecule has 0 bridgehead atoms. The van der Waals surface area contributed by atoms with Crippen molar-refractivity contribution < 1.29 is 14.7 Å². The molecule has 3 rings (SSSR count). The van der Waals surface area contributed by atoms with Gasteiger partial charge in [0, 0.05) is 16.9 Å². The molecule has 1 saturated carbocycles. The van der Waals surface area contributed by atoms with Gasteiger partial charge in [0.2, 0.25) is 11.6 Å². The van der Waals surface area contributed by atoms with Crippen LogP contribution >= 0.6 is 0 Å². The first kappa shape index (κ1) is 16.2. The summed E-state index contributed by atoms with van der Waals surface area (Å²) >= 11 is 0. The van der Waals surface area contributed by atoms with Crippen LogP contribution in [0, 0.1) is 11.3 Å². The van der Waals surface area contributed by atoms with Crippen LogP contribution in [0.2, 0.25) is 0 Å². The summed E-state index contributed by atoms with van der Waals surface area (Å²) in [5.41, 5.74) is 1.55. The summed E-state index contributed by atoms with van der Waals surface area (Å²) in [7, 11) is 0. The molecule has 23 heavy (non-hydrogen) atoms. The largest absolute Gasteiger partial charge is 0.508 e. The molecule has 0 aromatic heterocycles. The van der Waals surface area contributed by atoms with Crippen LogP contribution in [0.3, 0.4) is 0 Å². The van der Waals surface area contributed by atoms with Crippen molar-refractivity contribution in [3.05, 3.63) is 28.8 Å². The summed E-state index contributed by atoms with van der Waals surface area (Å²) < 4.78 is 0. The summed E-state index contributed by atoms with van der Waals surface area (Å²) in [5.74, 6) is -0.571. The van der Waals surface area contributed by atoms with E-state index in [0.717, 1.165) is 30.4 Å². The minimum Gasteiger partial charge on any atom is -0.508 e. The molecule has 0 radical (unpaired) electrons. The third-order valence-electron chi connectivity index (χ3n) is 6.07. The van der Waals surface area contributed by atoms with Gasteiger partial charge in [-0.15, -0.1) is 0 Å². The summed E-state index contributed by atoms with van der Waals surface area (Å²) in [6.45, 7) is 10.2. The average Bonchev–Trinajstić information content (AvgIpc) is 2.43. The standard InChI is InChI=1S/C20H26O3/c1-11(2)12-9-13-14(10-15(12)21)20(5)8-6-7-19(3,4)18(20)17(23)16(13)22/h9-11,18,21H,6-8H2,1-5H3/t18-,20+/m0/s1. The highest BCUT2D eigenvalue weighted by molar-refractivity contribution is 6.46. The topological polar surface area (TPSA) is 54.4 Å². The molecule has 0 saturated heterocycles. The van der Waals surface area contributed by atoms with Gasteiger partial charge in [0.05, 0.1) is 0 Å². The van der Waals surface area contributed by atoms with Crippen LogP contribution in [0.1, 0.15) is 81.3 Å². The Labute approximate surface area is 138 Å². The van der Waals surface area contributed by atoms with Crippen molar-refractivity contribution in [1.29, 1.82) is 0 Å². The molecule has 2 aliphatic carbocycles.